The molecule has 3 heterocycles. The Morgan fingerprint density at radius 3 is 2.75 bits per heavy atom. The van der Waals surface area contributed by atoms with Crippen LogP contribution in [-0.4, -0.2) is 13.3 Å². The van der Waals surface area contributed by atoms with Crippen molar-refractivity contribution in [1.29, 1.82) is 0 Å². The summed E-state index contributed by atoms with van der Waals surface area (Å²) in [6.45, 7) is 1.18. The molecule has 0 aromatic heterocycles. The molecule has 2 aromatic carbocycles. The van der Waals surface area contributed by atoms with Crippen LogP contribution in [0.5, 0.6) is 17.2 Å². The fourth-order valence-corrected chi connectivity index (χ4v) is 3.34. The smallest absolute Gasteiger partial charge is 0.231 e. The van der Waals surface area contributed by atoms with Crippen LogP contribution < -0.4 is 19.5 Å². The number of rotatable bonds is 0. The number of hydrogen-bond acceptors (Lipinski definition) is 4. The summed E-state index contributed by atoms with van der Waals surface area (Å²) in [4.78, 5) is 0. The van der Waals surface area contributed by atoms with E-state index in [4.69, 9.17) is 14.2 Å². The van der Waals surface area contributed by atoms with Crippen molar-refractivity contribution in [3.8, 4) is 17.2 Å². The molecule has 0 saturated carbocycles. The molecule has 2 aromatic rings. The summed E-state index contributed by atoms with van der Waals surface area (Å²) >= 11 is 0. The first kappa shape index (κ1) is 10.4. The summed E-state index contributed by atoms with van der Waals surface area (Å²) in [7, 11) is 0. The molecule has 0 radical (unpaired) electrons. The number of hydrogen-bond donors (Lipinski definition) is 1. The van der Waals surface area contributed by atoms with Crippen molar-refractivity contribution >= 4 is 5.69 Å². The van der Waals surface area contributed by atoms with Crippen molar-refractivity contribution in [3.63, 3.8) is 0 Å². The van der Waals surface area contributed by atoms with Gasteiger partial charge in [-0.15, -0.1) is 0 Å². The lowest BCUT2D eigenvalue weighted by atomic mass is 9.87. The Morgan fingerprint density at radius 1 is 0.950 bits per heavy atom. The Morgan fingerprint density at radius 2 is 1.80 bits per heavy atom. The molecule has 0 aliphatic carbocycles. The van der Waals surface area contributed by atoms with Gasteiger partial charge in [0, 0.05) is 35.3 Å². The van der Waals surface area contributed by atoms with Gasteiger partial charge in [-0.1, -0.05) is 18.2 Å². The highest BCUT2D eigenvalue weighted by molar-refractivity contribution is 5.62. The molecule has 3 aliphatic heterocycles. The second-order valence-corrected chi connectivity index (χ2v) is 5.36. The average molecular weight is 267 g/mol. The van der Waals surface area contributed by atoms with Crippen LogP contribution in [0, 0.1) is 0 Å². The molecule has 1 N–H and O–H groups in total. The highest BCUT2D eigenvalue weighted by Gasteiger charge is 2.40. The van der Waals surface area contributed by atoms with Gasteiger partial charge in [0.05, 0.1) is 0 Å². The lowest BCUT2D eigenvalue weighted by Crippen LogP contribution is -2.24. The molecule has 4 nitrogen and oxygen atoms in total. The molecule has 4 heteroatoms. The van der Waals surface area contributed by atoms with E-state index in [1.54, 1.807) is 0 Å². The zero-order valence-electron chi connectivity index (χ0n) is 10.8. The zero-order chi connectivity index (χ0) is 13.1. The number of anilines is 1. The number of nitrogens with one attached hydrogen (secondary N) is 1. The number of ether oxygens (including phenoxy) is 3. The Kier molecular flexibility index (Phi) is 1.88. The topological polar surface area (TPSA) is 39.7 Å². The van der Waals surface area contributed by atoms with Crippen molar-refractivity contribution < 1.29 is 14.2 Å². The van der Waals surface area contributed by atoms with Crippen LogP contribution in [0.25, 0.3) is 0 Å². The van der Waals surface area contributed by atoms with E-state index in [1.165, 1.54) is 16.8 Å². The van der Waals surface area contributed by atoms with Crippen LogP contribution in [-0.2, 0) is 0 Å². The molecular weight excluding hydrogens is 254 g/mol. The summed E-state index contributed by atoms with van der Waals surface area (Å²) < 4.78 is 17.1. The number of para-hydroxylation sites is 1. The molecule has 3 aliphatic rings. The molecule has 100 valence electrons. The summed E-state index contributed by atoms with van der Waals surface area (Å²) in [6, 6.07) is 12.4. The standard InChI is InChI=1S/C16H13NO3/c1-2-4-12-9(3-1)16-11(7-17-12)10-5-14-15(19-8-18-14)6-13(10)20-16/h1-6,11,16-17H,7-8H2/t11-,16-/m1/s1. The average Bonchev–Trinajstić information content (AvgIpc) is 3.08. The lowest BCUT2D eigenvalue weighted by molar-refractivity contribution is 0.172. The van der Waals surface area contributed by atoms with Crippen molar-refractivity contribution in [2.75, 3.05) is 18.7 Å². The minimum atomic E-state index is 0.0879. The van der Waals surface area contributed by atoms with E-state index in [2.05, 4.69) is 29.6 Å². The first-order chi connectivity index (χ1) is 9.90. The normalized spacial score (nSPS) is 24.2. The van der Waals surface area contributed by atoms with Gasteiger partial charge in [-0.25, -0.2) is 0 Å². The van der Waals surface area contributed by atoms with Crippen LogP contribution >= 0.6 is 0 Å². The Labute approximate surface area is 116 Å². The number of benzene rings is 2. The van der Waals surface area contributed by atoms with E-state index in [9.17, 15) is 0 Å². The fraction of sp³-hybridized carbons (Fsp3) is 0.250. The SMILES string of the molecule is c1ccc2c(c1)NC[C@@H]1c3cc4c(cc3O[C@H]21)OCO4. The lowest BCUT2D eigenvalue weighted by Gasteiger charge is -2.28. The highest BCUT2D eigenvalue weighted by atomic mass is 16.7. The number of fused-ring (bicyclic) bond motifs is 6. The third-order valence-electron chi connectivity index (χ3n) is 4.30. The summed E-state index contributed by atoms with van der Waals surface area (Å²) in [5.41, 5.74) is 3.60. The second-order valence-electron chi connectivity index (χ2n) is 5.36. The van der Waals surface area contributed by atoms with Gasteiger partial charge in [0.2, 0.25) is 6.79 Å². The monoisotopic (exact) mass is 267 g/mol. The Bertz CT molecular complexity index is 713. The van der Waals surface area contributed by atoms with Crippen molar-refractivity contribution in [1.82, 2.24) is 0 Å². The van der Waals surface area contributed by atoms with Gasteiger partial charge in [0.15, 0.2) is 11.5 Å². The molecule has 0 amide bonds. The largest absolute Gasteiger partial charge is 0.484 e. The molecule has 0 saturated heterocycles. The van der Waals surface area contributed by atoms with E-state index >= 15 is 0 Å². The van der Waals surface area contributed by atoms with E-state index in [-0.39, 0.29) is 6.10 Å². The quantitative estimate of drug-likeness (QED) is 0.796. The van der Waals surface area contributed by atoms with E-state index in [1.807, 2.05) is 12.1 Å². The van der Waals surface area contributed by atoms with Gasteiger partial charge in [0.25, 0.3) is 0 Å². The first-order valence-corrected chi connectivity index (χ1v) is 6.83. The molecule has 2 atom stereocenters. The minimum Gasteiger partial charge on any atom is -0.484 e. The molecule has 0 fully saturated rings. The molecule has 0 unspecified atom stereocenters. The van der Waals surface area contributed by atoms with Crippen molar-refractivity contribution in [2.24, 2.45) is 0 Å². The Hall–Kier alpha value is -2.36. The van der Waals surface area contributed by atoms with Crippen LogP contribution in [0.4, 0.5) is 5.69 Å². The third kappa shape index (κ3) is 1.26. The maximum Gasteiger partial charge on any atom is 0.231 e. The van der Waals surface area contributed by atoms with Crippen LogP contribution in [0.1, 0.15) is 23.1 Å². The van der Waals surface area contributed by atoms with E-state index < -0.39 is 0 Å². The third-order valence-corrected chi connectivity index (χ3v) is 4.30. The van der Waals surface area contributed by atoms with Gasteiger partial charge in [-0.2, -0.15) is 0 Å². The molecule has 5 rings (SSSR count). The molecule has 0 bridgehead atoms. The van der Waals surface area contributed by atoms with Gasteiger partial charge in [-0.05, 0) is 12.1 Å². The zero-order valence-corrected chi connectivity index (χ0v) is 10.8. The first-order valence-electron chi connectivity index (χ1n) is 6.83. The van der Waals surface area contributed by atoms with Crippen LogP contribution in [0.2, 0.25) is 0 Å². The van der Waals surface area contributed by atoms with Crippen molar-refractivity contribution in [2.45, 2.75) is 12.0 Å². The molecule has 0 spiro atoms. The Balaban J connectivity index is 1.64. The summed E-state index contributed by atoms with van der Waals surface area (Å²) in [6.07, 6.45) is 0.0879. The fourth-order valence-electron chi connectivity index (χ4n) is 3.34. The molecule has 20 heavy (non-hydrogen) atoms. The predicted octanol–water partition coefficient (Wildman–Crippen LogP) is 3.06. The van der Waals surface area contributed by atoms with Gasteiger partial charge < -0.3 is 19.5 Å². The van der Waals surface area contributed by atoms with Gasteiger partial charge in [-0.3, -0.25) is 0 Å². The van der Waals surface area contributed by atoms with E-state index in [0.29, 0.717) is 12.7 Å². The van der Waals surface area contributed by atoms with E-state index in [0.717, 1.165) is 23.8 Å². The summed E-state index contributed by atoms with van der Waals surface area (Å²) in [5.74, 6) is 2.85. The van der Waals surface area contributed by atoms with Gasteiger partial charge >= 0.3 is 0 Å². The van der Waals surface area contributed by atoms with Crippen LogP contribution in [0.3, 0.4) is 0 Å². The second kappa shape index (κ2) is 3.60. The van der Waals surface area contributed by atoms with Crippen molar-refractivity contribution in [3.05, 3.63) is 47.5 Å². The maximum atomic E-state index is 6.19. The minimum absolute atomic E-state index is 0.0879. The van der Waals surface area contributed by atoms with Crippen LogP contribution in [0.15, 0.2) is 36.4 Å². The maximum absolute atomic E-state index is 6.19. The molecular formula is C16H13NO3. The highest BCUT2D eigenvalue weighted by Crippen LogP contribution is 2.53. The summed E-state index contributed by atoms with van der Waals surface area (Å²) in [5, 5.41) is 3.49. The predicted molar refractivity (Wildman–Crippen MR) is 73.6 cm³/mol. The van der Waals surface area contributed by atoms with Gasteiger partial charge in [0.1, 0.15) is 11.9 Å².